The quantitative estimate of drug-likeness (QED) is 0.886. The van der Waals surface area contributed by atoms with Crippen LogP contribution in [0.15, 0.2) is 65.6 Å². The summed E-state index contributed by atoms with van der Waals surface area (Å²) in [5.41, 5.74) is 0.677. The van der Waals surface area contributed by atoms with Crippen molar-refractivity contribution in [3.8, 4) is 0 Å². The molecule has 0 aliphatic carbocycles. The van der Waals surface area contributed by atoms with Crippen LogP contribution < -0.4 is 4.72 Å². The number of aliphatic hydroxyl groups is 1. The highest BCUT2D eigenvalue weighted by atomic mass is 32.2. The maximum absolute atomic E-state index is 12.2. The molecule has 0 aromatic heterocycles. The number of hydrogen-bond donors (Lipinski definition) is 2. The van der Waals surface area contributed by atoms with Gasteiger partial charge in [0.05, 0.1) is 11.0 Å². The normalized spacial score (nSPS) is 14.7. The van der Waals surface area contributed by atoms with E-state index >= 15 is 0 Å². The molecule has 0 fully saturated rings. The van der Waals surface area contributed by atoms with Crippen LogP contribution in [-0.2, 0) is 10.0 Å². The largest absolute Gasteiger partial charge is 0.387 e. The van der Waals surface area contributed by atoms with Crippen LogP contribution in [0.5, 0.6) is 0 Å². The van der Waals surface area contributed by atoms with Gasteiger partial charge in [-0.15, -0.1) is 0 Å². The lowest BCUT2D eigenvalue weighted by Crippen LogP contribution is -2.37. The Morgan fingerprint density at radius 3 is 2.00 bits per heavy atom. The minimum absolute atomic E-state index is 0.187. The van der Waals surface area contributed by atoms with Gasteiger partial charge in [0.2, 0.25) is 10.0 Å². The van der Waals surface area contributed by atoms with Crippen molar-refractivity contribution < 1.29 is 13.5 Å². The van der Waals surface area contributed by atoms with Crippen molar-refractivity contribution in [2.45, 2.75) is 24.0 Å². The number of sulfonamides is 1. The molecular weight excluding hydrogens is 274 g/mol. The van der Waals surface area contributed by atoms with Crippen LogP contribution in [0.1, 0.15) is 18.6 Å². The van der Waals surface area contributed by atoms with Crippen LogP contribution in [0, 0.1) is 0 Å². The summed E-state index contributed by atoms with van der Waals surface area (Å²) in [6.45, 7) is 1.64. The summed E-state index contributed by atoms with van der Waals surface area (Å²) in [4.78, 5) is 0.187. The highest BCUT2D eigenvalue weighted by Gasteiger charge is 2.23. The molecule has 0 amide bonds. The molecular formula is C15H17NO3S. The van der Waals surface area contributed by atoms with Crippen LogP contribution in [-0.4, -0.2) is 19.6 Å². The molecule has 106 valence electrons. The summed E-state index contributed by atoms with van der Waals surface area (Å²) < 4.78 is 26.8. The minimum atomic E-state index is -3.62. The average molecular weight is 291 g/mol. The van der Waals surface area contributed by atoms with Crippen molar-refractivity contribution in [3.05, 3.63) is 66.2 Å². The van der Waals surface area contributed by atoms with Gasteiger partial charge in [-0.3, -0.25) is 0 Å². The molecule has 2 aromatic rings. The fourth-order valence-corrected chi connectivity index (χ4v) is 3.19. The van der Waals surface area contributed by atoms with Gasteiger partial charge in [0.1, 0.15) is 0 Å². The maximum Gasteiger partial charge on any atom is 0.240 e. The molecule has 2 unspecified atom stereocenters. The van der Waals surface area contributed by atoms with Crippen molar-refractivity contribution in [1.29, 1.82) is 0 Å². The molecule has 0 radical (unpaired) electrons. The summed E-state index contributed by atoms with van der Waals surface area (Å²) >= 11 is 0. The molecule has 0 saturated heterocycles. The third-order valence-corrected chi connectivity index (χ3v) is 4.58. The topological polar surface area (TPSA) is 66.4 Å². The lowest BCUT2D eigenvalue weighted by Gasteiger charge is -2.20. The third-order valence-electron chi connectivity index (χ3n) is 3.01. The number of benzene rings is 2. The van der Waals surface area contributed by atoms with Crippen molar-refractivity contribution in [3.63, 3.8) is 0 Å². The van der Waals surface area contributed by atoms with Gasteiger partial charge in [-0.05, 0) is 24.6 Å². The van der Waals surface area contributed by atoms with E-state index in [-0.39, 0.29) is 4.90 Å². The van der Waals surface area contributed by atoms with Crippen LogP contribution >= 0.6 is 0 Å². The predicted octanol–water partition coefficient (Wildman–Crippen LogP) is 2.09. The monoisotopic (exact) mass is 291 g/mol. The summed E-state index contributed by atoms with van der Waals surface area (Å²) in [5, 5.41) is 10.2. The molecule has 0 bridgehead atoms. The van der Waals surface area contributed by atoms with E-state index in [1.54, 1.807) is 49.4 Å². The number of aliphatic hydroxyl groups excluding tert-OH is 1. The van der Waals surface area contributed by atoms with Gasteiger partial charge in [-0.25, -0.2) is 13.1 Å². The minimum Gasteiger partial charge on any atom is -0.387 e. The Kier molecular flexibility index (Phi) is 4.54. The van der Waals surface area contributed by atoms with Gasteiger partial charge in [0.15, 0.2) is 0 Å². The second-order valence-corrected chi connectivity index (χ2v) is 6.29. The van der Waals surface area contributed by atoms with E-state index in [4.69, 9.17) is 0 Å². The van der Waals surface area contributed by atoms with Crippen LogP contribution in [0.4, 0.5) is 0 Å². The predicted molar refractivity (Wildman–Crippen MR) is 77.6 cm³/mol. The van der Waals surface area contributed by atoms with Gasteiger partial charge in [-0.1, -0.05) is 48.5 Å². The molecule has 5 heteroatoms. The first-order chi connectivity index (χ1) is 9.50. The van der Waals surface area contributed by atoms with E-state index in [0.717, 1.165) is 0 Å². The molecule has 0 aliphatic heterocycles. The molecule has 2 aromatic carbocycles. The van der Waals surface area contributed by atoms with E-state index < -0.39 is 22.2 Å². The van der Waals surface area contributed by atoms with Crippen molar-refractivity contribution in [1.82, 2.24) is 4.72 Å². The van der Waals surface area contributed by atoms with Gasteiger partial charge >= 0.3 is 0 Å². The van der Waals surface area contributed by atoms with E-state index in [2.05, 4.69) is 4.72 Å². The molecule has 4 nitrogen and oxygen atoms in total. The van der Waals surface area contributed by atoms with Crippen LogP contribution in [0.2, 0.25) is 0 Å². The first-order valence-corrected chi connectivity index (χ1v) is 7.79. The molecule has 20 heavy (non-hydrogen) atoms. The Morgan fingerprint density at radius 1 is 0.950 bits per heavy atom. The van der Waals surface area contributed by atoms with Crippen LogP contribution in [0.25, 0.3) is 0 Å². The third kappa shape index (κ3) is 3.45. The lowest BCUT2D eigenvalue weighted by atomic mass is 10.0. The Hall–Kier alpha value is -1.69. The molecule has 2 atom stereocenters. The Bertz CT molecular complexity index is 641. The lowest BCUT2D eigenvalue weighted by molar-refractivity contribution is 0.146. The van der Waals surface area contributed by atoms with E-state index in [1.807, 2.05) is 6.07 Å². The zero-order valence-electron chi connectivity index (χ0n) is 11.1. The van der Waals surface area contributed by atoms with Crippen molar-refractivity contribution >= 4 is 10.0 Å². The van der Waals surface area contributed by atoms with Gasteiger partial charge < -0.3 is 5.11 Å². The van der Waals surface area contributed by atoms with Crippen LogP contribution in [0.3, 0.4) is 0 Å². The molecule has 2 rings (SSSR count). The van der Waals surface area contributed by atoms with Crippen molar-refractivity contribution in [2.75, 3.05) is 0 Å². The van der Waals surface area contributed by atoms with E-state index in [0.29, 0.717) is 5.56 Å². The number of nitrogens with one attached hydrogen (secondary N) is 1. The molecule has 0 aliphatic rings. The highest BCUT2D eigenvalue weighted by molar-refractivity contribution is 7.89. The highest BCUT2D eigenvalue weighted by Crippen LogP contribution is 2.18. The van der Waals surface area contributed by atoms with Gasteiger partial charge in [0, 0.05) is 6.04 Å². The Morgan fingerprint density at radius 2 is 1.45 bits per heavy atom. The fourth-order valence-electron chi connectivity index (χ4n) is 1.92. The zero-order chi connectivity index (χ0) is 14.6. The second-order valence-electron chi connectivity index (χ2n) is 4.58. The molecule has 0 saturated carbocycles. The first-order valence-electron chi connectivity index (χ1n) is 6.31. The van der Waals surface area contributed by atoms with E-state index in [9.17, 15) is 13.5 Å². The Labute approximate surface area is 119 Å². The van der Waals surface area contributed by atoms with Crippen molar-refractivity contribution in [2.24, 2.45) is 0 Å². The maximum atomic E-state index is 12.2. The number of hydrogen-bond acceptors (Lipinski definition) is 3. The second kappa shape index (κ2) is 6.17. The fraction of sp³-hybridized carbons (Fsp3) is 0.200. The molecule has 0 spiro atoms. The zero-order valence-corrected chi connectivity index (χ0v) is 11.9. The van der Waals surface area contributed by atoms with Gasteiger partial charge in [0.25, 0.3) is 0 Å². The molecule has 0 heterocycles. The van der Waals surface area contributed by atoms with E-state index in [1.165, 1.54) is 12.1 Å². The van der Waals surface area contributed by atoms with Gasteiger partial charge in [-0.2, -0.15) is 0 Å². The summed E-state index contributed by atoms with van der Waals surface area (Å²) in [6.07, 6.45) is -0.894. The summed E-state index contributed by atoms with van der Waals surface area (Å²) in [5.74, 6) is 0. The summed E-state index contributed by atoms with van der Waals surface area (Å²) in [6, 6.07) is 16.5. The standard InChI is InChI=1S/C15H17NO3S/c1-12(15(17)13-8-4-2-5-9-13)16-20(18,19)14-10-6-3-7-11-14/h2-12,15-17H,1H3. The average Bonchev–Trinajstić information content (AvgIpc) is 2.48. The number of rotatable bonds is 5. The smallest absolute Gasteiger partial charge is 0.240 e. The summed E-state index contributed by atoms with van der Waals surface area (Å²) in [7, 11) is -3.62. The Balaban J connectivity index is 2.14. The molecule has 2 N–H and O–H groups in total. The SMILES string of the molecule is CC(NS(=O)(=O)c1ccccc1)C(O)c1ccccc1. The first kappa shape index (κ1) is 14.7.